The van der Waals surface area contributed by atoms with Crippen molar-refractivity contribution in [2.24, 2.45) is 0 Å². The number of rotatable bonds is 6. The molecule has 0 N–H and O–H groups in total. The molecule has 0 radical (unpaired) electrons. The second kappa shape index (κ2) is 10.1. The molecule has 0 amide bonds. The Labute approximate surface area is 202 Å². The Morgan fingerprint density at radius 1 is 0.912 bits per heavy atom. The van der Waals surface area contributed by atoms with Crippen LogP contribution in [0.5, 0.6) is 5.75 Å². The van der Waals surface area contributed by atoms with E-state index < -0.39 is 10.0 Å². The Morgan fingerprint density at radius 3 is 2.26 bits per heavy atom. The number of nitrogens with zero attached hydrogens (tertiary/aromatic N) is 4. The van der Waals surface area contributed by atoms with Gasteiger partial charge in [0.1, 0.15) is 11.6 Å². The van der Waals surface area contributed by atoms with Gasteiger partial charge in [0.05, 0.1) is 12.0 Å². The van der Waals surface area contributed by atoms with Crippen LogP contribution >= 0.6 is 0 Å². The number of aromatic nitrogens is 2. The molecule has 0 atom stereocenters. The van der Waals surface area contributed by atoms with Gasteiger partial charge in [-0.15, -0.1) is 0 Å². The fraction of sp³-hybridized carbons (Fsp3) is 0.385. The molecule has 1 saturated heterocycles. The highest BCUT2D eigenvalue weighted by molar-refractivity contribution is 7.89. The lowest BCUT2D eigenvalue weighted by Crippen LogP contribution is -2.35. The molecule has 4 rings (SSSR count). The molecule has 1 aliphatic rings. The van der Waals surface area contributed by atoms with E-state index >= 15 is 0 Å². The summed E-state index contributed by atoms with van der Waals surface area (Å²) < 4.78 is 33.3. The zero-order chi connectivity index (χ0) is 24.3. The van der Waals surface area contributed by atoms with Gasteiger partial charge in [-0.3, -0.25) is 0 Å². The molecule has 3 aromatic rings. The fourth-order valence-electron chi connectivity index (χ4n) is 4.44. The van der Waals surface area contributed by atoms with Crippen molar-refractivity contribution in [1.82, 2.24) is 14.3 Å². The highest BCUT2D eigenvalue weighted by Gasteiger charge is 2.29. The summed E-state index contributed by atoms with van der Waals surface area (Å²) in [5, 5.41) is 0. The number of methoxy groups -OCH3 is 1. The van der Waals surface area contributed by atoms with Gasteiger partial charge in [-0.25, -0.2) is 18.4 Å². The lowest BCUT2D eigenvalue weighted by molar-refractivity contribution is 0.413. The van der Waals surface area contributed by atoms with E-state index in [1.54, 1.807) is 35.7 Å². The van der Waals surface area contributed by atoms with Crippen LogP contribution in [0.1, 0.15) is 37.4 Å². The Hall–Kier alpha value is -2.97. The van der Waals surface area contributed by atoms with Gasteiger partial charge in [-0.05, 0) is 43.5 Å². The summed E-state index contributed by atoms with van der Waals surface area (Å²) in [5.74, 6) is 2.49. The van der Waals surface area contributed by atoms with Crippen LogP contribution in [0.15, 0.2) is 59.5 Å². The van der Waals surface area contributed by atoms with Crippen molar-refractivity contribution in [3.63, 3.8) is 0 Å². The summed E-state index contributed by atoms with van der Waals surface area (Å²) in [6.45, 7) is 8.50. The van der Waals surface area contributed by atoms with Crippen molar-refractivity contribution in [1.29, 1.82) is 0 Å². The molecular formula is C26H32N4O3S. The maximum Gasteiger partial charge on any atom is 0.243 e. The maximum absolute atomic E-state index is 13.3. The molecule has 0 spiro atoms. The molecule has 1 fully saturated rings. The minimum absolute atomic E-state index is 0.252. The Kier molecular flexibility index (Phi) is 7.19. The first-order valence-corrected chi connectivity index (χ1v) is 13.1. The molecule has 0 aliphatic carbocycles. The lowest BCUT2D eigenvalue weighted by atomic mass is 10.0. The average Bonchev–Trinajstić information content (AvgIpc) is 3.11. The van der Waals surface area contributed by atoms with Crippen molar-refractivity contribution in [2.75, 3.05) is 38.2 Å². The van der Waals surface area contributed by atoms with Gasteiger partial charge < -0.3 is 9.64 Å². The average molecular weight is 481 g/mol. The number of sulfonamides is 1. The predicted octanol–water partition coefficient (Wildman–Crippen LogP) is 4.49. The zero-order valence-electron chi connectivity index (χ0n) is 20.2. The molecule has 2 heterocycles. The van der Waals surface area contributed by atoms with Crippen molar-refractivity contribution in [3.05, 3.63) is 65.9 Å². The van der Waals surface area contributed by atoms with Crippen LogP contribution in [0.4, 0.5) is 5.82 Å². The lowest BCUT2D eigenvalue weighted by Gasteiger charge is -2.27. The summed E-state index contributed by atoms with van der Waals surface area (Å²) in [5.41, 5.74) is 3.05. The van der Waals surface area contributed by atoms with Crippen LogP contribution in [0.3, 0.4) is 0 Å². The van der Waals surface area contributed by atoms with E-state index in [2.05, 4.69) is 18.7 Å². The number of aryl methyl sites for hydroxylation is 1. The van der Waals surface area contributed by atoms with Crippen molar-refractivity contribution < 1.29 is 13.2 Å². The number of ether oxygens (including phenoxy) is 1. The first-order valence-electron chi connectivity index (χ1n) is 11.6. The number of hydrogen-bond donors (Lipinski definition) is 0. The van der Waals surface area contributed by atoms with Crippen molar-refractivity contribution in [2.45, 2.75) is 38.0 Å². The van der Waals surface area contributed by atoms with Crippen LogP contribution in [-0.4, -0.2) is 56.0 Å². The van der Waals surface area contributed by atoms with Crippen molar-refractivity contribution in [3.8, 4) is 17.1 Å². The highest BCUT2D eigenvalue weighted by atomic mass is 32.2. The van der Waals surface area contributed by atoms with Crippen LogP contribution in [0, 0.1) is 6.92 Å². The molecule has 2 aromatic carbocycles. The third kappa shape index (κ3) is 4.93. The Balaban J connectivity index is 1.63. The summed E-state index contributed by atoms with van der Waals surface area (Å²) in [7, 11) is -2.02. The molecular weight excluding hydrogens is 448 g/mol. The van der Waals surface area contributed by atoms with Gasteiger partial charge in [0.15, 0.2) is 5.82 Å². The number of anilines is 1. The van der Waals surface area contributed by atoms with Crippen molar-refractivity contribution >= 4 is 15.8 Å². The quantitative estimate of drug-likeness (QED) is 0.518. The zero-order valence-corrected chi connectivity index (χ0v) is 21.0. The maximum atomic E-state index is 13.3. The van der Waals surface area contributed by atoms with Crippen LogP contribution < -0.4 is 9.64 Å². The minimum Gasteiger partial charge on any atom is -0.497 e. The molecule has 8 heteroatoms. The second-order valence-electron chi connectivity index (χ2n) is 8.81. The SMILES string of the molecule is COc1ccc(S(=O)(=O)N2CCCN(c3nc(-c4ccccc4)nc(C)c3C(C)C)CC2)cc1. The molecule has 0 bridgehead atoms. The smallest absolute Gasteiger partial charge is 0.243 e. The summed E-state index contributed by atoms with van der Waals surface area (Å²) in [4.78, 5) is 12.3. The molecule has 1 aromatic heterocycles. The minimum atomic E-state index is -3.58. The summed E-state index contributed by atoms with van der Waals surface area (Å²) in [6, 6.07) is 16.5. The van der Waals surface area contributed by atoms with E-state index in [1.165, 1.54) is 0 Å². The van der Waals surface area contributed by atoms with E-state index in [9.17, 15) is 8.42 Å². The van der Waals surface area contributed by atoms with Gasteiger partial charge in [0.2, 0.25) is 10.0 Å². The largest absolute Gasteiger partial charge is 0.497 e. The topological polar surface area (TPSA) is 75.6 Å². The van der Waals surface area contributed by atoms with Gasteiger partial charge in [0, 0.05) is 43.0 Å². The van der Waals surface area contributed by atoms with Gasteiger partial charge in [-0.1, -0.05) is 44.2 Å². The third-order valence-electron chi connectivity index (χ3n) is 6.18. The Bertz CT molecular complexity index is 1230. The van der Waals surface area contributed by atoms with Crippen LogP contribution in [-0.2, 0) is 10.0 Å². The molecule has 0 unspecified atom stereocenters. The van der Waals surface area contributed by atoms with E-state index in [1.807, 2.05) is 37.3 Å². The standard InChI is InChI=1S/C26H32N4O3S/c1-19(2)24-20(3)27-25(21-9-6-5-7-10-21)28-26(24)29-15-8-16-30(18-17-29)34(31,32)23-13-11-22(33-4)12-14-23/h5-7,9-14,19H,8,15-18H2,1-4H3. The molecule has 0 saturated carbocycles. The summed E-state index contributed by atoms with van der Waals surface area (Å²) in [6.07, 6.45) is 0.719. The van der Waals surface area contributed by atoms with Gasteiger partial charge in [-0.2, -0.15) is 4.31 Å². The molecule has 180 valence electrons. The van der Waals surface area contributed by atoms with E-state index in [0.29, 0.717) is 31.2 Å². The second-order valence-corrected chi connectivity index (χ2v) is 10.7. The fourth-order valence-corrected chi connectivity index (χ4v) is 5.91. The highest BCUT2D eigenvalue weighted by Crippen LogP contribution is 2.32. The third-order valence-corrected chi connectivity index (χ3v) is 8.09. The molecule has 34 heavy (non-hydrogen) atoms. The van der Waals surface area contributed by atoms with E-state index in [4.69, 9.17) is 14.7 Å². The summed E-state index contributed by atoms with van der Waals surface area (Å²) >= 11 is 0. The monoisotopic (exact) mass is 480 g/mol. The van der Waals surface area contributed by atoms with Gasteiger partial charge >= 0.3 is 0 Å². The van der Waals surface area contributed by atoms with E-state index in [0.717, 1.165) is 35.6 Å². The van der Waals surface area contributed by atoms with Crippen LogP contribution in [0.25, 0.3) is 11.4 Å². The first kappa shape index (κ1) is 24.2. The normalized spacial score (nSPS) is 15.4. The van der Waals surface area contributed by atoms with Gasteiger partial charge in [0.25, 0.3) is 0 Å². The number of benzene rings is 2. The first-order chi connectivity index (χ1) is 16.3. The molecule has 1 aliphatic heterocycles. The molecule has 7 nitrogen and oxygen atoms in total. The Morgan fingerprint density at radius 2 is 1.62 bits per heavy atom. The number of hydrogen-bond acceptors (Lipinski definition) is 6. The van der Waals surface area contributed by atoms with E-state index in [-0.39, 0.29) is 10.8 Å². The predicted molar refractivity (Wildman–Crippen MR) is 135 cm³/mol. The van der Waals surface area contributed by atoms with Crippen LogP contribution in [0.2, 0.25) is 0 Å².